The second-order valence-electron chi connectivity index (χ2n) is 10.3. The van der Waals surface area contributed by atoms with Crippen molar-refractivity contribution in [1.82, 2.24) is 14.8 Å². The molecule has 2 aromatic heterocycles. The van der Waals surface area contributed by atoms with Gasteiger partial charge in [0.1, 0.15) is 11.2 Å². The summed E-state index contributed by atoms with van der Waals surface area (Å²) in [5.74, 6) is 0.776. The van der Waals surface area contributed by atoms with Gasteiger partial charge in [-0.15, -0.1) is 11.3 Å². The minimum atomic E-state index is -0.852. The van der Waals surface area contributed by atoms with Gasteiger partial charge >= 0.3 is 0 Å². The first kappa shape index (κ1) is 21.0. The number of hydrogen-bond donors (Lipinski definition) is 1. The van der Waals surface area contributed by atoms with Crippen LogP contribution < -0.4 is 5.32 Å². The molecular weight excluding hydrogens is 406 g/mol. The fraction of sp³-hybridized carbons (Fsp3) is 0.680. The van der Waals surface area contributed by atoms with Gasteiger partial charge in [-0.25, -0.2) is 0 Å². The molecule has 5 nitrogen and oxygen atoms in total. The summed E-state index contributed by atoms with van der Waals surface area (Å²) in [6.07, 6.45) is 11.2. The number of amides is 2. The topological polar surface area (TPSA) is 54.3 Å². The molecule has 0 saturated heterocycles. The molecule has 2 aromatic rings. The van der Waals surface area contributed by atoms with Crippen molar-refractivity contribution in [2.24, 2.45) is 5.92 Å². The summed E-state index contributed by atoms with van der Waals surface area (Å²) in [4.78, 5) is 29.7. The van der Waals surface area contributed by atoms with E-state index < -0.39 is 5.54 Å². The Labute approximate surface area is 189 Å². The van der Waals surface area contributed by atoms with Gasteiger partial charge in [-0.1, -0.05) is 32.6 Å². The molecule has 3 aliphatic rings. The van der Waals surface area contributed by atoms with Crippen molar-refractivity contribution in [1.29, 1.82) is 0 Å². The van der Waals surface area contributed by atoms with Crippen LogP contribution in [0.3, 0.4) is 0 Å². The van der Waals surface area contributed by atoms with Crippen LogP contribution in [0.25, 0.3) is 10.2 Å². The summed E-state index contributed by atoms with van der Waals surface area (Å²) >= 11 is 1.67. The molecule has 1 atom stereocenters. The number of carbonyl (C=O) groups is 2. The van der Waals surface area contributed by atoms with E-state index in [1.807, 2.05) is 17.9 Å². The third kappa shape index (κ3) is 3.71. The highest BCUT2D eigenvalue weighted by molar-refractivity contribution is 7.17. The van der Waals surface area contributed by atoms with Crippen molar-refractivity contribution in [3.05, 3.63) is 23.2 Å². The van der Waals surface area contributed by atoms with Gasteiger partial charge in [-0.2, -0.15) is 0 Å². The van der Waals surface area contributed by atoms with Crippen molar-refractivity contribution < 1.29 is 9.59 Å². The largest absolute Gasteiger partial charge is 0.351 e. The minimum absolute atomic E-state index is 0.0349. The predicted octanol–water partition coefficient (Wildman–Crippen LogP) is 5.34. The molecule has 0 radical (unpaired) electrons. The number of carbonyl (C=O) groups excluding carboxylic acids is 2. The Morgan fingerprint density at radius 1 is 1.10 bits per heavy atom. The normalized spacial score (nSPS) is 30.3. The smallest absolute Gasteiger partial charge is 0.271 e. The lowest BCUT2D eigenvalue weighted by Gasteiger charge is -2.49. The molecule has 5 rings (SSSR count). The molecule has 1 N–H and O–H groups in total. The maximum atomic E-state index is 13.9. The molecule has 2 aliphatic carbocycles. The fourth-order valence-electron chi connectivity index (χ4n) is 6.07. The zero-order valence-corrected chi connectivity index (χ0v) is 19.7. The van der Waals surface area contributed by atoms with Crippen LogP contribution in [0, 0.1) is 5.92 Å². The SMILES string of the molecule is CC1CCC(N2C(=O)c3cc4sccc4n3CC2(C)C(=O)NC2CCCCCC2)CC1. The van der Waals surface area contributed by atoms with Crippen molar-refractivity contribution in [2.75, 3.05) is 0 Å². The van der Waals surface area contributed by atoms with Gasteiger partial charge in [0.05, 0.1) is 16.8 Å². The highest BCUT2D eigenvalue weighted by atomic mass is 32.1. The zero-order chi connectivity index (χ0) is 21.6. The van der Waals surface area contributed by atoms with Crippen molar-refractivity contribution in [3.8, 4) is 0 Å². The molecule has 2 saturated carbocycles. The second-order valence-corrected chi connectivity index (χ2v) is 11.3. The second kappa shape index (κ2) is 8.27. The Kier molecular flexibility index (Phi) is 5.61. The van der Waals surface area contributed by atoms with E-state index in [2.05, 4.69) is 28.3 Å². The molecule has 2 amide bonds. The van der Waals surface area contributed by atoms with E-state index in [1.54, 1.807) is 11.3 Å². The maximum Gasteiger partial charge on any atom is 0.271 e. The molecule has 1 aliphatic heterocycles. The van der Waals surface area contributed by atoms with Crippen LogP contribution in [0.4, 0.5) is 0 Å². The van der Waals surface area contributed by atoms with Crippen LogP contribution >= 0.6 is 11.3 Å². The number of nitrogens with zero attached hydrogens (tertiary/aromatic N) is 2. The van der Waals surface area contributed by atoms with E-state index >= 15 is 0 Å². The lowest BCUT2D eigenvalue weighted by Crippen LogP contribution is -2.67. The van der Waals surface area contributed by atoms with Gasteiger partial charge in [0.15, 0.2) is 0 Å². The number of hydrogen-bond acceptors (Lipinski definition) is 3. The lowest BCUT2D eigenvalue weighted by molar-refractivity contribution is -0.135. The Balaban J connectivity index is 1.50. The average Bonchev–Trinajstić information content (AvgIpc) is 3.24. The molecular formula is C25H35N3O2S. The summed E-state index contributed by atoms with van der Waals surface area (Å²) < 4.78 is 3.23. The molecule has 31 heavy (non-hydrogen) atoms. The number of nitrogens with one attached hydrogen (secondary N) is 1. The van der Waals surface area contributed by atoms with Crippen LogP contribution in [0.5, 0.6) is 0 Å². The summed E-state index contributed by atoms with van der Waals surface area (Å²) in [5, 5.41) is 5.46. The zero-order valence-electron chi connectivity index (χ0n) is 18.9. The maximum absolute atomic E-state index is 13.9. The third-order valence-electron chi connectivity index (χ3n) is 7.99. The lowest BCUT2D eigenvalue weighted by atomic mass is 9.82. The van der Waals surface area contributed by atoms with Crippen molar-refractivity contribution in [3.63, 3.8) is 0 Å². The first-order valence-corrected chi connectivity index (χ1v) is 13.1. The molecule has 0 aromatic carbocycles. The van der Waals surface area contributed by atoms with Crippen LogP contribution in [0.1, 0.15) is 88.5 Å². The molecule has 0 spiro atoms. The Bertz CT molecular complexity index is 963. The van der Waals surface area contributed by atoms with E-state index in [1.165, 1.54) is 25.7 Å². The summed E-state index contributed by atoms with van der Waals surface area (Å²) in [6, 6.07) is 4.50. The van der Waals surface area contributed by atoms with Gasteiger partial charge in [0, 0.05) is 12.1 Å². The number of aromatic nitrogens is 1. The first-order chi connectivity index (χ1) is 15.0. The quantitative estimate of drug-likeness (QED) is 0.654. The third-order valence-corrected chi connectivity index (χ3v) is 8.84. The summed E-state index contributed by atoms with van der Waals surface area (Å²) in [6.45, 7) is 4.85. The minimum Gasteiger partial charge on any atom is -0.351 e. The molecule has 6 heteroatoms. The number of fused-ring (bicyclic) bond motifs is 3. The Hall–Kier alpha value is -1.82. The van der Waals surface area contributed by atoms with Crippen LogP contribution in [0.2, 0.25) is 0 Å². The van der Waals surface area contributed by atoms with E-state index in [0.717, 1.165) is 54.4 Å². The summed E-state index contributed by atoms with van der Waals surface area (Å²) in [5.41, 5.74) is 0.981. The Morgan fingerprint density at radius 3 is 2.52 bits per heavy atom. The number of thiophene rings is 1. The average molecular weight is 442 g/mol. The molecule has 2 fully saturated rings. The summed E-state index contributed by atoms with van der Waals surface area (Å²) in [7, 11) is 0. The van der Waals surface area contributed by atoms with Crippen LogP contribution in [0.15, 0.2) is 17.5 Å². The van der Waals surface area contributed by atoms with Crippen molar-refractivity contribution >= 4 is 33.4 Å². The molecule has 0 bridgehead atoms. The predicted molar refractivity (Wildman–Crippen MR) is 125 cm³/mol. The van der Waals surface area contributed by atoms with E-state index in [-0.39, 0.29) is 23.9 Å². The van der Waals surface area contributed by atoms with Crippen LogP contribution in [-0.4, -0.2) is 38.9 Å². The van der Waals surface area contributed by atoms with Crippen LogP contribution in [-0.2, 0) is 11.3 Å². The molecule has 168 valence electrons. The van der Waals surface area contributed by atoms with Gasteiger partial charge in [0.25, 0.3) is 5.91 Å². The fourth-order valence-corrected chi connectivity index (χ4v) is 6.89. The van der Waals surface area contributed by atoms with E-state index in [4.69, 9.17) is 0 Å². The first-order valence-electron chi connectivity index (χ1n) is 12.2. The monoisotopic (exact) mass is 441 g/mol. The number of rotatable bonds is 3. The highest BCUT2D eigenvalue weighted by Gasteiger charge is 2.51. The standard InChI is InChI=1S/C25H35N3O2S/c1-17-9-11-19(12-10-17)28-23(29)21-15-22-20(13-14-31-22)27(21)16-25(28,2)24(30)26-18-7-5-3-4-6-8-18/h13-15,17-19H,3-12,16H2,1-2H3,(H,26,30). The van der Waals surface area contributed by atoms with Gasteiger partial charge in [-0.05, 0) is 68.9 Å². The van der Waals surface area contributed by atoms with Crippen molar-refractivity contribution in [2.45, 2.75) is 102 Å². The van der Waals surface area contributed by atoms with Gasteiger partial charge in [-0.3, -0.25) is 9.59 Å². The van der Waals surface area contributed by atoms with Gasteiger partial charge in [0.2, 0.25) is 5.91 Å². The molecule has 3 heterocycles. The Morgan fingerprint density at radius 2 is 1.81 bits per heavy atom. The van der Waals surface area contributed by atoms with E-state index in [0.29, 0.717) is 12.5 Å². The molecule has 1 unspecified atom stereocenters. The highest BCUT2D eigenvalue weighted by Crippen LogP contribution is 2.39. The van der Waals surface area contributed by atoms with Gasteiger partial charge < -0.3 is 14.8 Å². The van der Waals surface area contributed by atoms with E-state index in [9.17, 15) is 9.59 Å².